The van der Waals surface area contributed by atoms with Gasteiger partial charge in [0.2, 0.25) is 0 Å². The minimum atomic E-state index is 1.08. The molecule has 0 bridgehead atoms. The maximum absolute atomic E-state index is 3.54. The van der Waals surface area contributed by atoms with Crippen molar-refractivity contribution >= 4 is 27.3 Å². The molecular weight excluding hydrogens is 262 g/mol. The van der Waals surface area contributed by atoms with Crippen LogP contribution in [-0.2, 0) is 0 Å². The van der Waals surface area contributed by atoms with Crippen LogP contribution in [0.1, 0.15) is 11.1 Å². The molecule has 0 aliphatic heterocycles. The molecule has 0 saturated carbocycles. The summed E-state index contributed by atoms with van der Waals surface area (Å²) in [6.07, 6.45) is 0. The van der Waals surface area contributed by atoms with Gasteiger partial charge in [0.15, 0.2) is 0 Å². The third kappa shape index (κ3) is 2.27. The summed E-state index contributed by atoms with van der Waals surface area (Å²) in [7, 11) is 0. The van der Waals surface area contributed by atoms with Crippen molar-refractivity contribution in [1.82, 2.24) is 0 Å². The van der Waals surface area contributed by atoms with Gasteiger partial charge in [-0.15, -0.1) is 0 Å². The Morgan fingerprint density at radius 2 is 1.50 bits per heavy atom. The first-order valence-electron chi connectivity index (χ1n) is 5.26. The summed E-state index contributed by atoms with van der Waals surface area (Å²) in [6.45, 7) is 4.23. The number of hydrogen-bond acceptors (Lipinski definition) is 1. The van der Waals surface area contributed by atoms with Crippen molar-refractivity contribution in [3.63, 3.8) is 0 Å². The monoisotopic (exact) mass is 275 g/mol. The van der Waals surface area contributed by atoms with Gasteiger partial charge in [-0.2, -0.15) is 0 Å². The molecule has 0 aliphatic rings. The van der Waals surface area contributed by atoms with E-state index in [1.165, 1.54) is 16.8 Å². The van der Waals surface area contributed by atoms with Crippen LogP contribution in [0.2, 0.25) is 0 Å². The molecule has 0 amide bonds. The molecule has 0 saturated heterocycles. The lowest BCUT2D eigenvalue weighted by atomic mass is 10.1. The average Bonchev–Trinajstić information content (AvgIpc) is 2.26. The van der Waals surface area contributed by atoms with Gasteiger partial charge in [-0.05, 0) is 53.0 Å². The number of para-hydroxylation sites is 2. The zero-order chi connectivity index (χ0) is 11.5. The van der Waals surface area contributed by atoms with Gasteiger partial charge in [0.25, 0.3) is 0 Å². The average molecular weight is 276 g/mol. The Labute approximate surface area is 105 Å². The third-order valence-corrected chi connectivity index (χ3v) is 3.31. The van der Waals surface area contributed by atoms with E-state index in [4.69, 9.17) is 0 Å². The molecule has 2 aromatic rings. The van der Waals surface area contributed by atoms with Crippen molar-refractivity contribution in [3.05, 3.63) is 58.1 Å². The summed E-state index contributed by atoms with van der Waals surface area (Å²) in [6, 6.07) is 14.5. The largest absolute Gasteiger partial charge is 0.354 e. The molecule has 1 nitrogen and oxygen atoms in total. The maximum atomic E-state index is 3.54. The van der Waals surface area contributed by atoms with Gasteiger partial charge >= 0.3 is 0 Å². The van der Waals surface area contributed by atoms with Gasteiger partial charge < -0.3 is 5.32 Å². The SMILES string of the molecule is Cc1cccc(C)c1Nc1ccccc1Br. The van der Waals surface area contributed by atoms with Crippen molar-refractivity contribution in [3.8, 4) is 0 Å². The predicted molar refractivity (Wildman–Crippen MR) is 73.3 cm³/mol. The topological polar surface area (TPSA) is 12.0 Å². The highest BCUT2D eigenvalue weighted by molar-refractivity contribution is 9.10. The molecule has 82 valence electrons. The van der Waals surface area contributed by atoms with E-state index in [0.717, 1.165) is 10.2 Å². The Hall–Kier alpha value is -1.28. The van der Waals surface area contributed by atoms with Gasteiger partial charge in [-0.1, -0.05) is 30.3 Å². The lowest BCUT2D eigenvalue weighted by Crippen LogP contribution is -1.96. The summed E-state index contributed by atoms with van der Waals surface area (Å²) < 4.78 is 1.08. The van der Waals surface area contributed by atoms with Crippen molar-refractivity contribution in [1.29, 1.82) is 0 Å². The van der Waals surface area contributed by atoms with Gasteiger partial charge in [-0.3, -0.25) is 0 Å². The van der Waals surface area contributed by atoms with Crippen LogP contribution in [0.3, 0.4) is 0 Å². The summed E-state index contributed by atoms with van der Waals surface area (Å²) in [5.74, 6) is 0. The van der Waals surface area contributed by atoms with Gasteiger partial charge in [0.1, 0.15) is 0 Å². The lowest BCUT2D eigenvalue weighted by Gasteiger charge is -2.13. The Kier molecular flexibility index (Phi) is 3.30. The van der Waals surface area contributed by atoms with E-state index in [1.54, 1.807) is 0 Å². The standard InChI is InChI=1S/C14H14BrN/c1-10-6-5-7-11(2)14(10)16-13-9-4-3-8-12(13)15/h3-9,16H,1-2H3. The van der Waals surface area contributed by atoms with Gasteiger partial charge in [-0.25, -0.2) is 0 Å². The molecule has 1 N–H and O–H groups in total. The number of aryl methyl sites for hydroxylation is 2. The predicted octanol–water partition coefficient (Wildman–Crippen LogP) is 4.81. The summed E-state index contributed by atoms with van der Waals surface area (Å²) in [5.41, 5.74) is 4.81. The molecular formula is C14H14BrN. The zero-order valence-corrected chi connectivity index (χ0v) is 11.0. The second kappa shape index (κ2) is 4.71. The second-order valence-electron chi connectivity index (χ2n) is 3.87. The minimum absolute atomic E-state index is 1.08. The Morgan fingerprint density at radius 3 is 2.12 bits per heavy atom. The number of benzene rings is 2. The molecule has 0 aromatic heterocycles. The Bertz CT molecular complexity index is 486. The highest BCUT2D eigenvalue weighted by Crippen LogP contribution is 2.28. The molecule has 2 rings (SSSR count). The molecule has 0 heterocycles. The quantitative estimate of drug-likeness (QED) is 0.830. The number of halogens is 1. The van der Waals surface area contributed by atoms with Crippen molar-refractivity contribution in [2.24, 2.45) is 0 Å². The first kappa shape index (κ1) is 11.2. The van der Waals surface area contributed by atoms with E-state index in [-0.39, 0.29) is 0 Å². The molecule has 0 aliphatic carbocycles. The Morgan fingerprint density at radius 1 is 0.875 bits per heavy atom. The fourth-order valence-corrected chi connectivity index (χ4v) is 2.09. The first-order chi connectivity index (χ1) is 7.68. The molecule has 0 atom stereocenters. The van der Waals surface area contributed by atoms with Crippen molar-refractivity contribution < 1.29 is 0 Å². The number of rotatable bonds is 2. The number of anilines is 2. The van der Waals surface area contributed by atoms with Gasteiger partial charge in [0, 0.05) is 10.2 Å². The fraction of sp³-hybridized carbons (Fsp3) is 0.143. The number of nitrogens with one attached hydrogen (secondary N) is 1. The highest BCUT2D eigenvalue weighted by Gasteiger charge is 2.04. The van der Waals surface area contributed by atoms with E-state index in [1.807, 2.05) is 18.2 Å². The van der Waals surface area contributed by atoms with Crippen LogP contribution >= 0.6 is 15.9 Å². The Balaban J connectivity index is 2.38. The second-order valence-corrected chi connectivity index (χ2v) is 4.73. The molecule has 0 radical (unpaired) electrons. The van der Waals surface area contributed by atoms with E-state index < -0.39 is 0 Å². The lowest BCUT2D eigenvalue weighted by molar-refractivity contribution is 1.35. The van der Waals surface area contributed by atoms with E-state index >= 15 is 0 Å². The van der Waals surface area contributed by atoms with Crippen LogP contribution in [0.5, 0.6) is 0 Å². The van der Waals surface area contributed by atoms with Crippen LogP contribution in [0, 0.1) is 13.8 Å². The third-order valence-electron chi connectivity index (χ3n) is 2.61. The number of hydrogen-bond donors (Lipinski definition) is 1. The molecule has 16 heavy (non-hydrogen) atoms. The summed E-state index contributed by atoms with van der Waals surface area (Å²) >= 11 is 3.54. The van der Waals surface area contributed by atoms with Crippen molar-refractivity contribution in [2.75, 3.05) is 5.32 Å². The van der Waals surface area contributed by atoms with Crippen molar-refractivity contribution in [2.45, 2.75) is 13.8 Å². The molecule has 2 heteroatoms. The highest BCUT2D eigenvalue weighted by atomic mass is 79.9. The van der Waals surface area contributed by atoms with Crippen LogP contribution in [0.4, 0.5) is 11.4 Å². The molecule has 0 fully saturated rings. The van der Waals surface area contributed by atoms with Gasteiger partial charge in [0.05, 0.1) is 5.69 Å². The summed E-state index contributed by atoms with van der Waals surface area (Å²) in [5, 5.41) is 3.46. The minimum Gasteiger partial charge on any atom is -0.354 e. The first-order valence-corrected chi connectivity index (χ1v) is 6.05. The molecule has 2 aromatic carbocycles. The molecule has 0 unspecified atom stereocenters. The van der Waals surface area contributed by atoms with E-state index in [9.17, 15) is 0 Å². The van der Waals surface area contributed by atoms with Crippen LogP contribution < -0.4 is 5.32 Å². The molecule has 0 spiro atoms. The van der Waals surface area contributed by atoms with E-state index in [2.05, 4.69) is 59.4 Å². The maximum Gasteiger partial charge on any atom is 0.0528 e. The fourth-order valence-electron chi connectivity index (χ4n) is 1.71. The van der Waals surface area contributed by atoms with Crippen LogP contribution in [-0.4, -0.2) is 0 Å². The summed E-state index contributed by atoms with van der Waals surface area (Å²) in [4.78, 5) is 0. The normalized spacial score (nSPS) is 10.2. The van der Waals surface area contributed by atoms with E-state index in [0.29, 0.717) is 0 Å². The van der Waals surface area contributed by atoms with Crippen LogP contribution in [0.25, 0.3) is 0 Å². The zero-order valence-electron chi connectivity index (χ0n) is 9.42. The van der Waals surface area contributed by atoms with Crippen LogP contribution in [0.15, 0.2) is 46.9 Å². The smallest absolute Gasteiger partial charge is 0.0528 e.